The zero-order valence-electron chi connectivity index (χ0n) is 13.8. The molecule has 0 aliphatic carbocycles. The molecule has 4 heterocycles. The van der Waals surface area contributed by atoms with E-state index in [9.17, 15) is 0 Å². The first-order valence-corrected chi connectivity index (χ1v) is 10.0. The van der Waals surface area contributed by atoms with Crippen LogP contribution in [-0.2, 0) is 0 Å². The molecule has 1 fully saturated rings. The van der Waals surface area contributed by atoms with Crippen LogP contribution in [0.25, 0.3) is 11.5 Å². The molecular weight excluding hydrogens is 352 g/mol. The number of thioether (sulfide) groups is 1. The summed E-state index contributed by atoms with van der Waals surface area (Å²) in [5.74, 6) is 3.80. The zero-order valence-corrected chi connectivity index (χ0v) is 15.5. The Labute approximate surface area is 154 Å². The van der Waals surface area contributed by atoms with Gasteiger partial charge in [-0.1, -0.05) is 6.07 Å². The summed E-state index contributed by atoms with van der Waals surface area (Å²) in [4.78, 5) is 15.8. The minimum atomic E-state index is 0.641. The van der Waals surface area contributed by atoms with E-state index in [1.165, 1.54) is 28.7 Å². The lowest BCUT2D eigenvalue weighted by atomic mass is 10.3. The van der Waals surface area contributed by atoms with Crippen LogP contribution in [0.2, 0.25) is 0 Å². The van der Waals surface area contributed by atoms with Crippen molar-refractivity contribution in [2.24, 2.45) is 0 Å². The van der Waals surface area contributed by atoms with Gasteiger partial charge in [-0.25, -0.2) is 4.98 Å². The number of nitrogens with one attached hydrogen (secondary N) is 1. The fourth-order valence-corrected chi connectivity index (χ4v) is 4.10. The van der Waals surface area contributed by atoms with E-state index in [0.29, 0.717) is 5.82 Å². The molecule has 0 unspecified atom stereocenters. The van der Waals surface area contributed by atoms with E-state index in [2.05, 4.69) is 35.6 Å². The van der Waals surface area contributed by atoms with Crippen LogP contribution in [0.3, 0.4) is 0 Å². The Morgan fingerprint density at radius 1 is 1.12 bits per heavy atom. The van der Waals surface area contributed by atoms with Crippen molar-refractivity contribution >= 4 is 39.9 Å². The Morgan fingerprint density at radius 3 is 2.76 bits per heavy atom. The molecule has 128 valence electrons. The third-order valence-corrected chi connectivity index (χ3v) is 5.59. The number of rotatable bonds is 4. The number of anilines is 3. The van der Waals surface area contributed by atoms with E-state index in [4.69, 9.17) is 0 Å². The average molecular weight is 371 g/mol. The van der Waals surface area contributed by atoms with E-state index in [1.807, 2.05) is 43.1 Å². The largest absolute Gasteiger partial charge is 0.369 e. The summed E-state index contributed by atoms with van der Waals surface area (Å²) in [6.45, 7) is 4.17. The number of pyridine rings is 2. The Kier molecular flexibility index (Phi) is 4.80. The molecule has 0 spiro atoms. The predicted molar refractivity (Wildman–Crippen MR) is 105 cm³/mol. The number of aryl methyl sites for hydroxylation is 1. The van der Waals surface area contributed by atoms with Crippen LogP contribution in [-0.4, -0.2) is 43.9 Å². The molecule has 1 N–H and O–H groups in total. The highest BCUT2D eigenvalue weighted by atomic mass is 32.2. The second kappa shape index (κ2) is 7.37. The fraction of sp³-hybridized carbons (Fsp3) is 0.294. The Hall–Kier alpha value is -2.19. The van der Waals surface area contributed by atoms with Gasteiger partial charge in [0.15, 0.2) is 5.82 Å². The SMILES string of the molecule is Cc1cccnc1Nc1nc(-c2ccc(N3CCSCC3)cn2)ns1. The van der Waals surface area contributed by atoms with Crippen molar-refractivity contribution in [3.63, 3.8) is 0 Å². The topological polar surface area (TPSA) is 66.8 Å². The zero-order chi connectivity index (χ0) is 17.1. The van der Waals surface area contributed by atoms with Gasteiger partial charge in [0.1, 0.15) is 11.5 Å². The van der Waals surface area contributed by atoms with Crippen LogP contribution in [0.15, 0.2) is 36.7 Å². The van der Waals surface area contributed by atoms with Crippen molar-refractivity contribution in [2.45, 2.75) is 6.92 Å². The highest BCUT2D eigenvalue weighted by Crippen LogP contribution is 2.25. The van der Waals surface area contributed by atoms with E-state index in [1.54, 1.807) is 6.20 Å². The first-order valence-electron chi connectivity index (χ1n) is 8.11. The van der Waals surface area contributed by atoms with Crippen molar-refractivity contribution < 1.29 is 0 Å². The summed E-state index contributed by atoms with van der Waals surface area (Å²) in [6.07, 6.45) is 3.68. The van der Waals surface area contributed by atoms with Crippen molar-refractivity contribution in [1.82, 2.24) is 19.3 Å². The predicted octanol–water partition coefficient (Wildman–Crippen LogP) is 3.60. The van der Waals surface area contributed by atoms with Crippen molar-refractivity contribution in [1.29, 1.82) is 0 Å². The third-order valence-electron chi connectivity index (χ3n) is 4.01. The van der Waals surface area contributed by atoms with Gasteiger partial charge in [0.05, 0.1) is 11.9 Å². The second-order valence-corrected chi connectivity index (χ2v) is 7.69. The normalized spacial score (nSPS) is 14.5. The molecule has 0 amide bonds. The lowest BCUT2D eigenvalue weighted by molar-refractivity contribution is 0.855. The lowest BCUT2D eigenvalue weighted by Crippen LogP contribution is -2.32. The minimum absolute atomic E-state index is 0.641. The molecule has 6 nitrogen and oxygen atoms in total. The minimum Gasteiger partial charge on any atom is -0.369 e. The fourth-order valence-electron chi connectivity index (χ4n) is 2.62. The van der Waals surface area contributed by atoms with E-state index in [0.717, 1.165) is 35.3 Å². The van der Waals surface area contributed by atoms with Gasteiger partial charge >= 0.3 is 0 Å². The Balaban J connectivity index is 1.49. The van der Waals surface area contributed by atoms with E-state index in [-0.39, 0.29) is 0 Å². The van der Waals surface area contributed by atoms with Gasteiger partial charge in [0.25, 0.3) is 0 Å². The summed E-state index contributed by atoms with van der Waals surface area (Å²) in [5, 5.41) is 3.94. The molecule has 0 atom stereocenters. The average Bonchev–Trinajstić information content (AvgIpc) is 3.13. The van der Waals surface area contributed by atoms with Crippen LogP contribution < -0.4 is 10.2 Å². The molecule has 4 rings (SSSR count). The van der Waals surface area contributed by atoms with Gasteiger partial charge in [0, 0.05) is 42.3 Å². The maximum absolute atomic E-state index is 4.55. The molecule has 0 bridgehead atoms. The number of hydrogen-bond acceptors (Lipinski definition) is 8. The third kappa shape index (κ3) is 3.74. The monoisotopic (exact) mass is 370 g/mol. The molecule has 25 heavy (non-hydrogen) atoms. The first kappa shape index (κ1) is 16.3. The summed E-state index contributed by atoms with van der Waals surface area (Å²) in [6, 6.07) is 8.03. The molecule has 0 aromatic carbocycles. The number of nitrogens with zero attached hydrogens (tertiary/aromatic N) is 5. The van der Waals surface area contributed by atoms with Gasteiger partial charge in [0.2, 0.25) is 5.13 Å². The van der Waals surface area contributed by atoms with Crippen LogP contribution >= 0.6 is 23.3 Å². The lowest BCUT2D eigenvalue weighted by Gasteiger charge is -2.28. The van der Waals surface area contributed by atoms with Crippen molar-refractivity contribution in [3.05, 3.63) is 42.2 Å². The summed E-state index contributed by atoms with van der Waals surface area (Å²) in [5.41, 5.74) is 3.03. The molecule has 8 heteroatoms. The Bertz CT molecular complexity index is 842. The van der Waals surface area contributed by atoms with Gasteiger partial charge in [-0.15, -0.1) is 0 Å². The second-order valence-electron chi connectivity index (χ2n) is 5.72. The molecule has 3 aromatic heterocycles. The molecule has 0 radical (unpaired) electrons. The molecule has 1 aliphatic rings. The molecule has 3 aromatic rings. The van der Waals surface area contributed by atoms with E-state index < -0.39 is 0 Å². The highest BCUT2D eigenvalue weighted by molar-refractivity contribution is 7.99. The van der Waals surface area contributed by atoms with Gasteiger partial charge in [-0.05, 0) is 30.7 Å². The number of hydrogen-bond donors (Lipinski definition) is 1. The number of aromatic nitrogens is 4. The molecule has 0 saturated carbocycles. The smallest absolute Gasteiger partial charge is 0.208 e. The van der Waals surface area contributed by atoms with Crippen molar-refractivity contribution in [3.8, 4) is 11.5 Å². The van der Waals surface area contributed by atoms with Gasteiger partial charge < -0.3 is 10.2 Å². The molecule has 1 aliphatic heterocycles. The quantitative estimate of drug-likeness (QED) is 0.752. The van der Waals surface area contributed by atoms with Crippen LogP contribution in [0.4, 0.5) is 16.6 Å². The maximum Gasteiger partial charge on any atom is 0.208 e. The Morgan fingerprint density at radius 2 is 2.00 bits per heavy atom. The summed E-state index contributed by atoms with van der Waals surface area (Å²) in [7, 11) is 0. The first-order chi connectivity index (χ1) is 12.3. The van der Waals surface area contributed by atoms with Crippen LogP contribution in [0.1, 0.15) is 5.56 Å². The molecule has 1 saturated heterocycles. The van der Waals surface area contributed by atoms with Crippen LogP contribution in [0.5, 0.6) is 0 Å². The summed E-state index contributed by atoms with van der Waals surface area (Å²) >= 11 is 3.32. The van der Waals surface area contributed by atoms with E-state index >= 15 is 0 Å². The summed E-state index contributed by atoms with van der Waals surface area (Å²) < 4.78 is 4.42. The standard InChI is InChI=1S/C17H18N6S2/c1-12-3-2-6-18-15(12)20-17-21-16(22-25-17)14-5-4-13(11-19-14)23-7-9-24-10-8-23/h2-6,11H,7-10H2,1H3,(H,18,20,21,22). The highest BCUT2D eigenvalue weighted by Gasteiger charge is 2.13. The van der Waals surface area contributed by atoms with Crippen molar-refractivity contribution in [2.75, 3.05) is 34.8 Å². The van der Waals surface area contributed by atoms with Crippen LogP contribution in [0, 0.1) is 6.92 Å². The van der Waals surface area contributed by atoms with Gasteiger partial charge in [-0.3, -0.25) is 4.98 Å². The van der Waals surface area contributed by atoms with Gasteiger partial charge in [-0.2, -0.15) is 21.1 Å². The molecular formula is C17H18N6S2. The maximum atomic E-state index is 4.55.